The van der Waals surface area contributed by atoms with Crippen LogP contribution in [0.2, 0.25) is 19.6 Å². The lowest BCUT2D eigenvalue weighted by Gasteiger charge is -2.44. The van der Waals surface area contributed by atoms with Crippen LogP contribution in [0.3, 0.4) is 0 Å². The Labute approximate surface area is 156 Å². The number of carbonyl (C=O) groups is 1. The number of rotatable bonds is 6. The summed E-state index contributed by atoms with van der Waals surface area (Å²) in [7, 11) is -1.81. The maximum Gasteiger partial charge on any atom is 0.311 e. The molecule has 1 aliphatic rings. The average Bonchev–Trinajstić information content (AvgIpc) is 2.49. The van der Waals surface area contributed by atoms with Crippen LogP contribution < -0.4 is 0 Å². The molecule has 0 aromatic heterocycles. The maximum absolute atomic E-state index is 12.9. The molecule has 1 saturated carbocycles. The highest BCUT2D eigenvalue weighted by atomic mass is 28.4. The van der Waals surface area contributed by atoms with Gasteiger partial charge in [-0.25, -0.2) is 0 Å². The molecule has 1 aliphatic carbocycles. The van der Waals surface area contributed by atoms with Gasteiger partial charge >= 0.3 is 5.97 Å². The Bertz CT molecular complexity index is 402. The van der Waals surface area contributed by atoms with E-state index in [1.807, 2.05) is 13.0 Å². The minimum absolute atomic E-state index is 0.0698. The summed E-state index contributed by atoms with van der Waals surface area (Å²) in [6, 6.07) is 0. The second-order valence-corrected chi connectivity index (χ2v) is 12.9. The summed E-state index contributed by atoms with van der Waals surface area (Å²) < 4.78 is 12.2. The Morgan fingerprint density at radius 1 is 1.08 bits per heavy atom. The molecule has 0 spiro atoms. The zero-order valence-electron chi connectivity index (χ0n) is 17.1. The van der Waals surface area contributed by atoms with E-state index in [9.17, 15) is 4.79 Å². The third kappa shape index (κ3) is 8.08. The fourth-order valence-corrected chi connectivity index (χ4v) is 5.66. The molecule has 2 unspecified atom stereocenters. The first kappa shape index (κ1) is 22.4. The van der Waals surface area contributed by atoms with Crippen LogP contribution in [0, 0.1) is 5.92 Å². The van der Waals surface area contributed by atoms with Gasteiger partial charge in [-0.3, -0.25) is 4.79 Å². The van der Waals surface area contributed by atoms with Gasteiger partial charge in [0.05, 0.1) is 18.1 Å². The van der Waals surface area contributed by atoms with Crippen molar-refractivity contribution in [1.82, 2.24) is 0 Å². The van der Waals surface area contributed by atoms with E-state index in [1.165, 1.54) is 38.5 Å². The van der Waals surface area contributed by atoms with E-state index in [2.05, 4.69) is 26.2 Å². The normalized spacial score (nSPS) is 27.0. The Kier molecular flexibility index (Phi) is 10.0. The van der Waals surface area contributed by atoms with E-state index < -0.39 is 13.9 Å². The van der Waals surface area contributed by atoms with Gasteiger partial charge in [0.15, 0.2) is 8.32 Å². The average molecular weight is 369 g/mol. The molecule has 0 aromatic carbocycles. The van der Waals surface area contributed by atoms with Crippen molar-refractivity contribution in [2.45, 2.75) is 103 Å². The molecule has 146 valence electrons. The fourth-order valence-electron chi connectivity index (χ4n) is 4.11. The summed E-state index contributed by atoms with van der Waals surface area (Å²) in [6.45, 7) is 13.0. The van der Waals surface area contributed by atoms with Gasteiger partial charge in [-0.05, 0) is 45.8 Å². The number of ether oxygens (including phenoxy) is 1. The van der Waals surface area contributed by atoms with E-state index >= 15 is 0 Å². The predicted octanol–water partition coefficient (Wildman–Crippen LogP) is 6.25. The number of hydrogen-bond donors (Lipinski definition) is 0. The molecule has 0 N–H and O–H groups in total. The van der Waals surface area contributed by atoms with Crippen molar-refractivity contribution >= 4 is 14.3 Å². The van der Waals surface area contributed by atoms with E-state index in [0.29, 0.717) is 6.61 Å². The highest BCUT2D eigenvalue weighted by Gasteiger charge is 2.45. The molecular formula is C21H40O3Si. The van der Waals surface area contributed by atoms with Crippen LogP contribution in [-0.2, 0) is 14.0 Å². The van der Waals surface area contributed by atoms with Gasteiger partial charge in [-0.1, -0.05) is 57.4 Å². The Balaban J connectivity index is 3.15. The first-order valence-electron chi connectivity index (χ1n) is 10.3. The number of esters is 1. The molecule has 0 heterocycles. The monoisotopic (exact) mass is 368 g/mol. The molecule has 3 nitrogen and oxygen atoms in total. The fraction of sp³-hybridized carbons (Fsp3) is 0.857. The quantitative estimate of drug-likeness (QED) is 0.316. The molecule has 0 saturated heterocycles. The molecule has 25 heavy (non-hydrogen) atoms. The number of hydrogen-bond acceptors (Lipinski definition) is 3. The molecule has 0 aromatic rings. The third-order valence-corrected chi connectivity index (χ3v) is 6.07. The zero-order valence-corrected chi connectivity index (χ0v) is 18.1. The lowest BCUT2D eigenvalue weighted by Crippen LogP contribution is -2.51. The van der Waals surface area contributed by atoms with Crippen molar-refractivity contribution in [3.63, 3.8) is 0 Å². The van der Waals surface area contributed by atoms with E-state index in [1.54, 1.807) is 0 Å². The lowest BCUT2D eigenvalue weighted by atomic mass is 9.77. The summed E-state index contributed by atoms with van der Waals surface area (Å²) in [5.74, 6) is -0.240. The second-order valence-electron chi connectivity index (χ2n) is 8.44. The van der Waals surface area contributed by atoms with Gasteiger partial charge in [-0.2, -0.15) is 0 Å². The summed E-state index contributed by atoms with van der Waals surface area (Å²) in [5.41, 5.74) is -0.433. The smallest absolute Gasteiger partial charge is 0.311 e. The summed E-state index contributed by atoms with van der Waals surface area (Å²) in [4.78, 5) is 12.9. The zero-order chi connectivity index (χ0) is 18.8. The molecular weight excluding hydrogens is 328 g/mol. The van der Waals surface area contributed by atoms with Crippen molar-refractivity contribution in [1.29, 1.82) is 0 Å². The number of carbonyl (C=O) groups excluding carboxylic acids is 1. The van der Waals surface area contributed by atoms with Gasteiger partial charge in [0.25, 0.3) is 0 Å². The topological polar surface area (TPSA) is 35.5 Å². The van der Waals surface area contributed by atoms with Gasteiger partial charge < -0.3 is 9.16 Å². The highest BCUT2D eigenvalue weighted by Crippen LogP contribution is 2.39. The summed E-state index contributed by atoms with van der Waals surface area (Å²) in [6.07, 6.45) is 14.4. The second kappa shape index (κ2) is 11.2. The molecule has 0 amide bonds. The lowest BCUT2D eigenvalue weighted by molar-refractivity contribution is -0.158. The predicted molar refractivity (Wildman–Crippen MR) is 108 cm³/mol. The van der Waals surface area contributed by atoms with Gasteiger partial charge in [0, 0.05) is 0 Å². The van der Waals surface area contributed by atoms with Crippen LogP contribution in [0.25, 0.3) is 0 Å². The van der Waals surface area contributed by atoms with Crippen LogP contribution in [0.1, 0.15) is 77.6 Å². The minimum atomic E-state index is -1.81. The van der Waals surface area contributed by atoms with E-state index in [4.69, 9.17) is 9.16 Å². The molecule has 1 fully saturated rings. The standard InChI is InChI=1S/C21H40O3Si/c1-6-17-21(24-25(3,4)5)18-15-13-11-9-8-10-12-14-16-19(21)20(22)23-7-2/h6,19H,1,7-18H2,2-5H3. The van der Waals surface area contributed by atoms with Crippen LogP contribution in [0.15, 0.2) is 12.7 Å². The van der Waals surface area contributed by atoms with Crippen LogP contribution in [0.4, 0.5) is 0 Å². The largest absolute Gasteiger partial charge is 0.466 e. The SMILES string of the molecule is C=CCC1(O[Si](C)(C)C)CCCCCCCCCCC1C(=O)OCC. The summed E-state index contributed by atoms with van der Waals surface area (Å²) in [5, 5.41) is 0. The van der Waals surface area contributed by atoms with Crippen molar-refractivity contribution in [3.05, 3.63) is 12.7 Å². The van der Waals surface area contributed by atoms with E-state index in [0.717, 1.165) is 32.1 Å². The van der Waals surface area contributed by atoms with Gasteiger partial charge in [0.1, 0.15) is 0 Å². The van der Waals surface area contributed by atoms with Crippen molar-refractivity contribution in [3.8, 4) is 0 Å². The maximum atomic E-state index is 12.9. The molecule has 1 rings (SSSR count). The first-order chi connectivity index (χ1) is 11.8. The highest BCUT2D eigenvalue weighted by molar-refractivity contribution is 6.69. The van der Waals surface area contributed by atoms with Crippen LogP contribution in [0.5, 0.6) is 0 Å². The molecule has 2 atom stereocenters. The van der Waals surface area contributed by atoms with Gasteiger partial charge in [0.2, 0.25) is 0 Å². The van der Waals surface area contributed by atoms with Crippen LogP contribution >= 0.6 is 0 Å². The molecule has 4 heteroatoms. The summed E-state index contributed by atoms with van der Waals surface area (Å²) >= 11 is 0. The van der Waals surface area contributed by atoms with Crippen molar-refractivity contribution in [2.24, 2.45) is 5.92 Å². The third-order valence-electron chi connectivity index (χ3n) is 5.05. The van der Waals surface area contributed by atoms with Crippen molar-refractivity contribution in [2.75, 3.05) is 6.61 Å². The Hall–Kier alpha value is -0.613. The molecule has 0 radical (unpaired) electrons. The molecule has 0 bridgehead atoms. The van der Waals surface area contributed by atoms with Gasteiger partial charge in [-0.15, -0.1) is 6.58 Å². The van der Waals surface area contributed by atoms with Crippen molar-refractivity contribution < 1.29 is 14.0 Å². The first-order valence-corrected chi connectivity index (χ1v) is 13.7. The molecule has 0 aliphatic heterocycles. The Morgan fingerprint density at radius 2 is 1.64 bits per heavy atom. The van der Waals surface area contributed by atoms with E-state index in [-0.39, 0.29) is 11.9 Å². The minimum Gasteiger partial charge on any atom is -0.466 e. The van der Waals surface area contributed by atoms with Crippen LogP contribution in [-0.4, -0.2) is 26.5 Å². The Morgan fingerprint density at radius 3 is 2.16 bits per heavy atom.